The van der Waals surface area contributed by atoms with Gasteiger partial charge < -0.3 is 0 Å². The van der Waals surface area contributed by atoms with Crippen LogP contribution in [0.2, 0.25) is 0 Å². The minimum absolute atomic E-state index is 0.164. The van der Waals surface area contributed by atoms with E-state index in [9.17, 15) is 22.4 Å². The van der Waals surface area contributed by atoms with Crippen molar-refractivity contribution in [3.8, 4) is 0 Å². The summed E-state index contributed by atoms with van der Waals surface area (Å²) in [4.78, 5) is 11.6. The van der Waals surface area contributed by atoms with Crippen LogP contribution in [0.4, 0.5) is 28.0 Å². The van der Waals surface area contributed by atoms with E-state index in [1.54, 1.807) is 0 Å². The predicted molar refractivity (Wildman–Crippen MR) is 65.2 cm³/mol. The fourth-order valence-electron chi connectivity index (χ4n) is 1.54. The Morgan fingerprint density at radius 3 is 2.60 bits per heavy atom. The molecule has 1 heterocycles. The third-order valence-corrected chi connectivity index (χ3v) is 3.64. The van der Waals surface area contributed by atoms with E-state index in [0.717, 1.165) is 11.1 Å². The third-order valence-electron chi connectivity index (χ3n) is 2.42. The Morgan fingerprint density at radius 1 is 1.35 bits per heavy atom. The molecule has 10 heteroatoms. The third kappa shape index (κ3) is 3.32. The van der Waals surface area contributed by atoms with Crippen molar-refractivity contribution in [2.75, 3.05) is 10.8 Å². The van der Waals surface area contributed by atoms with Crippen molar-refractivity contribution < 1.29 is 22.4 Å². The first-order chi connectivity index (χ1) is 9.28. The summed E-state index contributed by atoms with van der Waals surface area (Å²) in [5.74, 6) is -1.80. The number of carbonyl (C=O) groups excluding carboxylic acids is 1. The number of alkyl halides is 3. The zero-order valence-electron chi connectivity index (χ0n) is 10.1. The number of halogens is 4. The molecule has 1 saturated heterocycles. The van der Waals surface area contributed by atoms with Crippen molar-refractivity contribution in [1.29, 1.82) is 0 Å². The van der Waals surface area contributed by atoms with Gasteiger partial charge in [-0.2, -0.15) is 13.2 Å². The number of nitrogens with zero attached hydrogens (tertiary/aromatic N) is 1. The highest BCUT2D eigenvalue weighted by Gasteiger charge is 2.29. The zero-order valence-corrected chi connectivity index (χ0v) is 11.0. The van der Waals surface area contributed by atoms with E-state index in [-0.39, 0.29) is 10.6 Å². The zero-order chi connectivity index (χ0) is 14.9. The topological polar surface area (TPSA) is 56.4 Å². The predicted octanol–water partition coefficient (Wildman–Crippen LogP) is 2.24. The SMILES string of the molecule is Cc1cc(F)c(N2NNNC2=O)cc1SCC(F)(F)F. The monoisotopic (exact) mass is 310 g/mol. The molecule has 0 spiro atoms. The average molecular weight is 310 g/mol. The first-order valence-corrected chi connectivity index (χ1v) is 6.37. The number of thioether (sulfide) groups is 1. The second-order valence-electron chi connectivity index (χ2n) is 3.98. The molecule has 20 heavy (non-hydrogen) atoms. The van der Waals surface area contributed by atoms with Gasteiger partial charge in [0, 0.05) is 4.90 Å². The maximum absolute atomic E-state index is 13.8. The molecule has 1 aromatic carbocycles. The molecular weight excluding hydrogens is 300 g/mol. The number of hydrogen-bond acceptors (Lipinski definition) is 4. The lowest BCUT2D eigenvalue weighted by atomic mass is 10.2. The summed E-state index contributed by atoms with van der Waals surface area (Å²) in [5, 5.41) is 0.826. The molecule has 0 unspecified atom stereocenters. The van der Waals surface area contributed by atoms with E-state index in [1.807, 2.05) is 0 Å². The summed E-state index contributed by atoms with van der Waals surface area (Å²) in [6.07, 6.45) is -4.32. The second kappa shape index (κ2) is 5.46. The smallest absolute Gasteiger partial charge is 0.257 e. The van der Waals surface area contributed by atoms with E-state index >= 15 is 0 Å². The van der Waals surface area contributed by atoms with Crippen LogP contribution in [0.1, 0.15) is 5.56 Å². The number of amides is 2. The van der Waals surface area contributed by atoms with Crippen LogP contribution in [-0.4, -0.2) is 18.0 Å². The molecule has 0 aliphatic carbocycles. The van der Waals surface area contributed by atoms with Gasteiger partial charge in [-0.15, -0.1) is 22.8 Å². The molecule has 0 bridgehead atoms. The minimum Gasteiger partial charge on any atom is -0.257 e. The summed E-state index contributed by atoms with van der Waals surface area (Å²) < 4.78 is 50.5. The number of anilines is 1. The molecule has 1 aliphatic rings. The molecule has 0 saturated carbocycles. The summed E-state index contributed by atoms with van der Waals surface area (Å²) in [6, 6.07) is 1.61. The molecule has 2 rings (SSSR count). The highest BCUT2D eigenvalue weighted by Crippen LogP contribution is 2.33. The number of hydrazine groups is 3. The quantitative estimate of drug-likeness (QED) is 0.592. The highest BCUT2D eigenvalue weighted by atomic mass is 32.2. The Balaban J connectivity index is 2.27. The number of benzene rings is 1. The number of urea groups is 1. The van der Waals surface area contributed by atoms with Gasteiger partial charge in [-0.25, -0.2) is 14.2 Å². The highest BCUT2D eigenvalue weighted by molar-refractivity contribution is 7.99. The van der Waals surface area contributed by atoms with Crippen molar-refractivity contribution in [3.05, 3.63) is 23.5 Å². The van der Waals surface area contributed by atoms with Crippen LogP contribution < -0.4 is 21.5 Å². The van der Waals surface area contributed by atoms with Gasteiger partial charge in [0.15, 0.2) is 0 Å². The van der Waals surface area contributed by atoms with Crippen molar-refractivity contribution >= 4 is 23.5 Å². The molecule has 0 aromatic heterocycles. The molecule has 110 valence electrons. The van der Waals surface area contributed by atoms with Crippen molar-refractivity contribution in [3.63, 3.8) is 0 Å². The maximum atomic E-state index is 13.8. The van der Waals surface area contributed by atoms with Crippen LogP contribution in [-0.2, 0) is 0 Å². The molecule has 0 atom stereocenters. The largest absolute Gasteiger partial charge is 0.398 e. The Labute approximate surface area is 115 Å². The summed E-state index contributed by atoms with van der Waals surface area (Å²) in [6.45, 7) is 1.50. The lowest BCUT2D eigenvalue weighted by molar-refractivity contribution is -0.105. The lowest BCUT2D eigenvalue weighted by Crippen LogP contribution is -2.38. The van der Waals surface area contributed by atoms with Gasteiger partial charge in [0.05, 0.1) is 5.75 Å². The number of rotatable bonds is 3. The molecule has 5 nitrogen and oxygen atoms in total. The van der Waals surface area contributed by atoms with Gasteiger partial charge in [-0.05, 0) is 24.6 Å². The number of aryl methyl sites for hydroxylation is 1. The molecular formula is C10H10F4N4OS. The Hall–Kier alpha value is -1.52. The summed E-state index contributed by atoms with van der Waals surface area (Å²) in [5.41, 5.74) is 6.96. The molecule has 2 amide bonds. The van der Waals surface area contributed by atoms with Crippen molar-refractivity contribution in [2.45, 2.75) is 18.0 Å². The minimum atomic E-state index is -4.32. The van der Waals surface area contributed by atoms with Crippen molar-refractivity contribution in [1.82, 2.24) is 16.5 Å². The number of carbonyl (C=O) groups is 1. The fraction of sp³-hybridized carbons (Fsp3) is 0.300. The van der Waals surface area contributed by atoms with Crippen LogP contribution in [0.3, 0.4) is 0 Å². The Kier molecular flexibility index (Phi) is 4.06. The van der Waals surface area contributed by atoms with Gasteiger partial charge in [-0.3, -0.25) is 5.43 Å². The van der Waals surface area contributed by atoms with Gasteiger partial charge in [0.2, 0.25) is 0 Å². The summed E-state index contributed by atoms with van der Waals surface area (Å²) in [7, 11) is 0. The van der Waals surface area contributed by atoms with Crippen LogP contribution in [0.25, 0.3) is 0 Å². The van der Waals surface area contributed by atoms with Crippen LogP contribution in [0.5, 0.6) is 0 Å². The van der Waals surface area contributed by atoms with Gasteiger partial charge >= 0.3 is 12.2 Å². The molecule has 1 fully saturated rings. The Morgan fingerprint density at radius 2 is 2.05 bits per heavy atom. The van der Waals surface area contributed by atoms with Gasteiger partial charge in [0.1, 0.15) is 11.5 Å². The number of hydrogen-bond donors (Lipinski definition) is 3. The van der Waals surface area contributed by atoms with Gasteiger partial charge in [-0.1, -0.05) is 0 Å². The van der Waals surface area contributed by atoms with E-state index in [2.05, 4.69) is 16.5 Å². The first-order valence-electron chi connectivity index (χ1n) is 5.38. The molecule has 1 aromatic rings. The Bertz CT molecular complexity index is 537. The standard InChI is InChI=1S/C10H10F4N4OS/c1-5-2-6(11)7(18-9(19)15-16-17-18)3-8(5)20-4-10(12,13)14/h2-3,16-17H,4H2,1H3,(H,15,19). The summed E-state index contributed by atoms with van der Waals surface area (Å²) >= 11 is 0.539. The number of nitrogens with one attached hydrogen (secondary N) is 3. The van der Waals surface area contributed by atoms with Gasteiger partial charge in [0.25, 0.3) is 0 Å². The van der Waals surface area contributed by atoms with Crippen molar-refractivity contribution in [2.24, 2.45) is 0 Å². The second-order valence-corrected chi connectivity index (χ2v) is 4.99. The molecule has 3 N–H and O–H groups in total. The fourth-order valence-corrected chi connectivity index (χ4v) is 2.34. The molecule has 1 aliphatic heterocycles. The van der Waals surface area contributed by atoms with Crippen LogP contribution in [0.15, 0.2) is 17.0 Å². The van der Waals surface area contributed by atoms with Crippen LogP contribution in [0, 0.1) is 12.7 Å². The van der Waals surface area contributed by atoms with E-state index in [0.29, 0.717) is 17.3 Å². The average Bonchev–Trinajstić information content (AvgIpc) is 2.73. The normalized spacial score (nSPS) is 15.7. The van der Waals surface area contributed by atoms with Crippen LogP contribution >= 0.6 is 11.8 Å². The maximum Gasteiger partial charge on any atom is 0.398 e. The first kappa shape index (κ1) is 14.9. The van der Waals surface area contributed by atoms with E-state index < -0.39 is 23.8 Å². The van der Waals surface area contributed by atoms with E-state index in [4.69, 9.17) is 0 Å². The van der Waals surface area contributed by atoms with E-state index in [1.165, 1.54) is 13.0 Å². The lowest BCUT2D eigenvalue weighted by Gasteiger charge is -2.17. The molecule has 0 radical (unpaired) electrons.